The number of fused-ring (bicyclic) bond motifs is 1. The van der Waals surface area contributed by atoms with Crippen LogP contribution in [0, 0.1) is 0 Å². The van der Waals surface area contributed by atoms with Gasteiger partial charge in [-0.1, -0.05) is 0 Å². The molecule has 0 unspecified atom stereocenters. The molecule has 0 radical (unpaired) electrons. The number of benzene rings is 1. The van der Waals surface area contributed by atoms with Crippen molar-refractivity contribution >= 4 is 5.97 Å². The molecule has 3 rings (SSSR count). The first-order valence-electron chi connectivity index (χ1n) is 5.50. The summed E-state index contributed by atoms with van der Waals surface area (Å²) in [7, 11) is 0. The lowest BCUT2D eigenvalue weighted by molar-refractivity contribution is 0.0693. The van der Waals surface area contributed by atoms with E-state index in [2.05, 4.69) is 4.98 Å². The predicted octanol–water partition coefficient (Wildman–Crippen LogP) is 2.30. The molecule has 19 heavy (non-hydrogen) atoms. The van der Waals surface area contributed by atoms with Gasteiger partial charge in [0.25, 0.3) is 0 Å². The van der Waals surface area contributed by atoms with Crippen molar-refractivity contribution in [2.75, 3.05) is 6.79 Å². The summed E-state index contributed by atoms with van der Waals surface area (Å²) in [5.41, 5.74) is 0.000154. The van der Waals surface area contributed by atoms with Crippen molar-refractivity contribution in [3.05, 3.63) is 42.1 Å². The zero-order chi connectivity index (χ0) is 13.2. The maximum Gasteiger partial charge on any atom is 0.341 e. The van der Waals surface area contributed by atoms with E-state index < -0.39 is 5.97 Å². The topological polar surface area (TPSA) is 77.9 Å². The van der Waals surface area contributed by atoms with Gasteiger partial charge in [0.2, 0.25) is 12.7 Å². The Hall–Kier alpha value is -2.76. The van der Waals surface area contributed by atoms with Crippen LogP contribution in [-0.2, 0) is 0 Å². The average Bonchev–Trinajstić information content (AvgIpc) is 2.86. The minimum Gasteiger partial charge on any atom is -0.477 e. The van der Waals surface area contributed by atoms with Gasteiger partial charge in [-0.2, -0.15) is 0 Å². The van der Waals surface area contributed by atoms with Crippen LogP contribution in [0.5, 0.6) is 23.1 Å². The van der Waals surface area contributed by atoms with Gasteiger partial charge in [-0.25, -0.2) is 9.78 Å². The Morgan fingerprint density at radius 1 is 1.26 bits per heavy atom. The normalized spacial score (nSPS) is 12.2. The van der Waals surface area contributed by atoms with Crippen LogP contribution in [0.3, 0.4) is 0 Å². The maximum atomic E-state index is 11.0. The third kappa shape index (κ3) is 2.15. The molecule has 0 saturated carbocycles. The smallest absolute Gasteiger partial charge is 0.341 e. The molecule has 0 amide bonds. The lowest BCUT2D eigenvalue weighted by Gasteiger charge is -2.07. The highest BCUT2D eigenvalue weighted by atomic mass is 16.7. The number of carbonyl (C=O) groups is 1. The Morgan fingerprint density at radius 3 is 2.95 bits per heavy atom. The fourth-order valence-electron chi connectivity index (χ4n) is 1.69. The molecular weight excluding hydrogens is 250 g/mol. The summed E-state index contributed by atoms with van der Waals surface area (Å²) in [6.45, 7) is 0.169. The Kier molecular flexibility index (Phi) is 2.68. The van der Waals surface area contributed by atoms with E-state index in [4.69, 9.17) is 19.3 Å². The Bertz CT molecular complexity index is 641. The number of rotatable bonds is 3. The van der Waals surface area contributed by atoms with Gasteiger partial charge in [0, 0.05) is 12.3 Å². The van der Waals surface area contributed by atoms with Crippen molar-refractivity contribution in [2.45, 2.75) is 0 Å². The van der Waals surface area contributed by atoms with Crippen molar-refractivity contribution in [1.29, 1.82) is 0 Å². The zero-order valence-electron chi connectivity index (χ0n) is 9.70. The minimum absolute atomic E-state index is 0.000154. The van der Waals surface area contributed by atoms with E-state index in [0.717, 1.165) is 0 Å². The van der Waals surface area contributed by atoms with Gasteiger partial charge in [-0.15, -0.1) is 0 Å². The lowest BCUT2D eigenvalue weighted by atomic mass is 10.2. The first-order valence-corrected chi connectivity index (χ1v) is 5.50. The SMILES string of the molecule is O=C(O)c1cccnc1Oc1ccc2c(c1)OCO2. The van der Waals surface area contributed by atoms with E-state index in [0.29, 0.717) is 17.2 Å². The van der Waals surface area contributed by atoms with Crippen LogP contribution in [0.15, 0.2) is 36.5 Å². The van der Waals surface area contributed by atoms with Crippen LogP contribution in [0.4, 0.5) is 0 Å². The molecule has 1 aliphatic heterocycles. The molecule has 96 valence electrons. The minimum atomic E-state index is -1.09. The number of ether oxygens (including phenoxy) is 3. The van der Waals surface area contributed by atoms with Crippen molar-refractivity contribution in [1.82, 2.24) is 4.98 Å². The third-order valence-corrected chi connectivity index (χ3v) is 2.56. The molecule has 0 spiro atoms. The van der Waals surface area contributed by atoms with Crippen LogP contribution in [-0.4, -0.2) is 22.9 Å². The van der Waals surface area contributed by atoms with Gasteiger partial charge in [-0.3, -0.25) is 0 Å². The fourth-order valence-corrected chi connectivity index (χ4v) is 1.69. The number of carboxylic acids is 1. The predicted molar refractivity (Wildman–Crippen MR) is 63.8 cm³/mol. The van der Waals surface area contributed by atoms with Crippen LogP contribution in [0.2, 0.25) is 0 Å². The van der Waals surface area contributed by atoms with Gasteiger partial charge in [0.1, 0.15) is 11.3 Å². The van der Waals surface area contributed by atoms with Crippen LogP contribution >= 0.6 is 0 Å². The molecule has 1 aromatic carbocycles. The quantitative estimate of drug-likeness (QED) is 0.911. The number of hydrogen-bond donors (Lipinski definition) is 1. The van der Waals surface area contributed by atoms with Gasteiger partial charge >= 0.3 is 5.97 Å². The summed E-state index contributed by atoms with van der Waals surface area (Å²) in [6.07, 6.45) is 1.47. The van der Waals surface area contributed by atoms with E-state index in [1.54, 1.807) is 18.2 Å². The first-order chi connectivity index (χ1) is 9.24. The van der Waals surface area contributed by atoms with Crippen molar-refractivity contribution in [3.8, 4) is 23.1 Å². The second-order valence-electron chi connectivity index (χ2n) is 3.78. The van der Waals surface area contributed by atoms with Gasteiger partial charge in [-0.05, 0) is 24.3 Å². The number of aromatic carboxylic acids is 1. The molecule has 0 bridgehead atoms. The molecule has 6 heteroatoms. The molecule has 0 atom stereocenters. The summed E-state index contributed by atoms with van der Waals surface area (Å²) in [5, 5.41) is 9.03. The maximum absolute atomic E-state index is 11.0. The van der Waals surface area contributed by atoms with E-state index >= 15 is 0 Å². The van der Waals surface area contributed by atoms with E-state index in [9.17, 15) is 4.79 Å². The van der Waals surface area contributed by atoms with Crippen molar-refractivity contribution in [2.24, 2.45) is 0 Å². The van der Waals surface area contributed by atoms with Crippen LogP contribution in [0.1, 0.15) is 10.4 Å². The standard InChI is InChI=1S/C13H9NO5/c15-13(16)9-2-1-5-14-12(9)19-8-3-4-10-11(6-8)18-7-17-10/h1-6H,7H2,(H,15,16). The summed E-state index contributed by atoms with van der Waals surface area (Å²) in [4.78, 5) is 14.9. The monoisotopic (exact) mass is 259 g/mol. The van der Waals surface area contributed by atoms with Gasteiger partial charge in [0.15, 0.2) is 11.5 Å². The highest BCUT2D eigenvalue weighted by Gasteiger charge is 2.16. The van der Waals surface area contributed by atoms with Gasteiger partial charge < -0.3 is 19.3 Å². The van der Waals surface area contributed by atoms with Crippen LogP contribution < -0.4 is 14.2 Å². The molecule has 0 fully saturated rings. The zero-order valence-corrected chi connectivity index (χ0v) is 9.70. The Morgan fingerprint density at radius 2 is 2.11 bits per heavy atom. The first kappa shape index (κ1) is 11.3. The molecule has 0 aliphatic carbocycles. The Balaban J connectivity index is 1.91. The molecule has 0 saturated heterocycles. The summed E-state index contributed by atoms with van der Waals surface area (Å²) in [5.74, 6) is 0.570. The van der Waals surface area contributed by atoms with E-state index in [1.807, 2.05) is 0 Å². The van der Waals surface area contributed by atoms with E-state index in [1.165, 1.54) is 18.3 Å². The largest absolute Gasteiger partial charge is 0.477 e. The highest BCUT2D eigenvalue weighted by Crippen LogP contribution is 2.36. The Labute approximate surface area is 108 Å². The average molecular weight is 259 g/mol. The van der Waals surface area contributed by atoms with Crippen LogP contribution in [0.25, 0.3) is 0 Å². The number of nitrogens with zero attached hydrogens (tertiary/aromatic N) is 1. The third-order valence-electron chi connectivity index (χ3n) is 2.56. The number of hydrogen-bond acceptors (Lipinski definition) is 5. The molecule has 1 N–H and O–H groups in total. The second kappa shape index (κ2) is 4.49. The molecule has 2 aromatic rings. The second-order valence-corrected chi connectivity index (χ2v) is 3.78. The van der Waals surface area contributed by atoms with Crippen molar-refractivity contribution < 1.29 is 24.1 Å². The summed E-state index contributed by atoms with van der Waals surface area (Å²) < 4.78 is 15.9. The lowest BCUT2D eigenvalue weighted by Crippen LogP contribution is -2.01. The van der Waals surface area contributed by atoms with Gasteiger partial charge in [0.05, 0.1) is 0 Å². The highest BCUT2D eigenvalue weighted by molar-refractivity contribution is 5.90. The number of aromatic nitrogens is 1. The number of carboxylic acid groups (broad SMARTS) is 1. The molecule has 1 aliphatic rings. The molecular formula is C13H9NO5. The molecule has 2 heterocycles. The molecule has 6 nitrogen and oxygen atoms in total. The fraction of sp³-hybridized carbons (Fsp3) is 0.0769. The van der Waals surface area contributed by atoms with E-state index in [-0.39, 0.29) is 18.2 Å². The summed E-state index contributed by atoms with van der Waals surface area (Å²) in [6, 6.07) is 7.95. The summed E-state index contributed by atoms with van der Waals surface area (Å²) >= 11 is 0. The number of pyridine rings is 1. The molecule has 1 aromatic heterocycles. The van der Waals surface area contributed by atoms with Crippen molar-refractivity contribution in [3.63, 3.8) is 0 Å².